The lowest BCUT2D eigenvalue weighted by Crippen LogP contribution is -2.27. The molecule has 2 aromatic carbocycles. The van der Waals surface area contributed by atoms with Crippen LogP contribution in [0.4, 0.5) is 0 Å². The summed E-state index contributed by atoms with van der Waals surface area (Å²) in [6.07, 6.45) is 1.82. The van der Waals surface area contributed by atoms with E-state index < -0.39 is 5.92 Å². The fourth-order valence-electron chi connectivity index (χ4n) is 3.90. The van der Waals surface area contributed by atoms with E-state index in [2.05, 4.69) is 6.07 Å². The van der Waals surface area contributed by atoms with Crippen LogP contribution in [-0.2, 0) is 9.53 Å². The van der Waals surface area contributed by atoms with E-state index in [0.29, 0.717) is 29.9 Å². The zero-order chi connectivity index (χ0) is 18.3. The zero-order valence-corrected chi connectivity index (χ0v) is 14.4. The normalized spacial score (nSPS) is 19.8. The highest BCUT2D eigenvalue weighted by atomic mass is 16.5. The quantitative estimate of drug-likeness (QED) is 0.897. The molecule has 26 heavy (non-hydrogen) atoms. The summed E-state index contributed by atoms with van der Waals surface area (Å²) in [6.45, 7) is 0. The molecule has 0 saturated carbocycles. The summed E-state index contributed by atoms with van der Waals surface area (Å²) in [5.74, 6) is 0.712. The third kappa shape index (κ3) is 2.34. The van der Waals surface area contributed by atoms with E-state index in [0.717, 1.165) is 22.8 Å². The number of nitrogens with zero attached hydrogens (tertiary/aromatic N) is 1. The standard InChI is InChI=1S/C21H18N2O3/c1-25-16-10-9-12-5-2-3-6-13(12)18(16)19-14(11-22)21(23)26-17-8-4-7-15(24)20(17)19/h2-3,5-6,9-10,19H,4,7-8,23H2,1H3/t19-/m0/s1. The van der Waals surface area contributed by atoms with Gasteiger partial charge in [0.25, 0.3) is 0 Å². The Kier molecular flexibility index (Phi) is 3.89. The number of nitriles is 1. The fraction of sp³-hybridized carbons (Fsp3) is 0.238. The first kappa shape index (κ1) is 16.2. The van der Waals surface area contributed by atoms with Crippen molar-refractivity contribution in [2.24, 2.45) is 5.73 Å². The van der Waals surface area contributed by atoms with Crippen LogP contribution in [0.3, 0.4) is 0 Å². The topological polar surface area (TPSA) is 85.3 Å². The molecule has 1 heterocycles. The summed E-state index contributed by atoms with van der Waals surface area (Å²) in [4.78, 5) is 12.8. The van der Waals surface area contributed by atoms with E-state index in [9.17, 15) is 10.1 Å². The Hall–Kier alpha value is -3.26. The van der Waals surface area contributed by atoms with Crippen LogP contribution in [-0.4, -0.2) is 12.9 Å². The summed E-state index contributed by atoms with van der Waals surface area (Å²) >= 11 is 0. The van der Waals surface area contributed by atoms with Crippen molar-refractivity contribution in [2.75, 3.05) is 7.11 Å². The van der Waals surface area contributed by atoms with Gasteiger partial charge in [-0.3, -0.25) is 4.79 Å². The van der Waals surface area contributed by atoms with Gasteiger partial charge in [-0.15, -0.1) is 0 Å². The van der Waals surface area contributed by atoms with Gasteiger partial charge in [-0.1, -0.05) is 30.3 Å². The highest BCUT2D eigenvalue weighted by molar-refractivity contribution is 6.01. The van der Waals surface area contributed by atoms with Gasteiger partial charge >= 0.3 is 0 Å². The summed E-state index contributed by atoms with van der Waals surface area (Å²) in [7, 11) is 1.59. The number of carbonyl (C=O) groups excluding carboxylic acids is 1. The molecule has 0 saturated heterocycles. The lowest BCUT2D eigenvalue weighted by molar-refractivity contribution is -0.116. The molecule has 130 valence electrons. The Morgan fingerprint density at radius 2 is 2.04 bits per heavy atom. The van der Waals surface area contributed by atoms with Crippen LogP contribution in [0.25, 0.3) is 10.8 Å². The number of rotatable bonds is 2. The largest absolute Gasteiger partial charge is 0.496 e. The van der Waals surface area contributed by atoms with Crippen LogP contribution in [0.15, 0.2) is 59.2 Å². The van der Waals surface area contributed by atoms with E-state index in [1.165, 1.54) is 0 Å². The predicted molar refractivity (Wildman–Crippen MR) is 97.0 cm³/mol. The van der Waals surface area contributed by atoms with Gasteiger partial charge in [0.05, 0.1) is 13.0 Å². The Morgan fingerprint density at radius 1 is 1.23 bits per heavy atom. The van der Waals surface area contributed by atoms with Crippen molar-refractivity contribution in [3.05, 3.63) is 64.8 Å². The summed E-state index contributed by atoms with van der Waals surface area (Å²) < 4.78 is 11.3. The summed E-state index contributed by atoms with van der Waals surface area (Å²) in [5, 5.41) is 11.7. The number of ketones is 1. The van der Waals surface area contributed by atoms with Gasteiger partial charge < -0.3 is 15.2 Å². The number of benzene rings is 2. The molecule has 0 spiro atoms. The van der Waals surface area contributed by atoms with Crippen molar-refractivity contribution in [1.29, 1.82) is 5.26 Å². The van der Waals surface area contributed by atoms with Crippen molar-refractivity contribution in [3.63, 3.8) is 0 Å². The van der Waals surface area contributed by atoms with Crippen LogP contribution < -0.4 is 10.5 Å². The second-order valence-corrected chi connectivity index (χ2v) is 6.44. The van der Waals surface area contributed by atoms with Crippen LogP contribution in [0.5, 0.6) is 5.75 Å². The second-order valence-electron chi connectivity index (χ2n) is 6.44. The van der Waals surface area contributed by atoms with Gasteiger partial charge in [-0.05, 0) is 23.3 Å². The zero-order valence-electron chi connectivity index (χ0n) is 14.4. The van der Waals surface area contributed by atoms with E-state index in [4.69, 9.17) is 15.2 Å². The number of methoxy groups -OCH3 is 1. The van der Waals surface area contributed by atoms with Crippen molar-refractivity contribution in [1.82, 2.24) is 0 Å². The molecule has 0 aromatic heterocycles. The molecular weight excluding hydrogens is 328 g/mol. The molecule has 1 atom stereocenters. The third-order valence-corrected chi connectivity index (χ3v) is 5.04. The molecule has 0 fully saturated rings. The number of fused-ring (bicyclic) bond motifs is 1. The van der Waals surface area contributed by atoms with Crippen LogP contribution in [0.1, 0.15) is 30.7 Å². The number of carbonyl (C=O) groups is 1. The van der Waals surface area contributed by atoms with Gasteiger partial charge in [0.15, 0.2) is 5.78 Å². The average molecular weight is 346 g/mol. The minimum Gasteiger partial charge on any atom is -0.496 e. The van der Waals surface area contributed by atoms with Gasteiger partial charge in [-0.25, -0.2) is 0 Å². The minimum absolute atomic E-state index is 0.00601. The first-order chi connectivity index (χ1) is 12.7. The number of nitrogens with two attached hydrogens (primary N) is 1. The third-order valence-electron chi connectivity index (χ3n) is 5.04. The monoisotopic (exact) mass is 346 g/mol. The highest BCUT2D eigenvalue weighted by Gasteiger charge is 2.40. The Labute approximate surface area is 151 Å². The Bertz CT molecular complexity index is 1030. The van der Waals surface area contributed by atoms with Gasteiger partial charge in [0.2, 0.25) is 5.88 Å². The molecule has 1 aliphatic heterocycles. The van der Waals surface area contributed by atoms with Gasteiger partial charge in [0, 0.05) is 24.0 Å². The van der Waals surface area contributed by atoms with Gasteiger partial charge in [0.1, 0.15) is 23.2 Å². The fourth-order valence-corrected chi connectivity index (χ4v) is 3.90. The number of allylic oxidation sites excluding steroid dienone is 3. The molecule has 0 unspecified atom stereocenters. The van der Waals surface area contributed by atoms with E-state index in [1.807, 2.05) is 36.4 Å². The van der Waals surface area contributed by atoms with Crippen LogP contribution in [0, 0.1) is 11.3 Å². The van der Waals surface area contributed by atoms with Crippen molar-refractivity contribution >= 4 is 16.6 Å². The number of Topliss-reactive ketones (excluding diaryl/α,β-unsaturated/α-hetero) is 1. The Morgan fingerprint density at radius 3 is 2.81 bits per heavy atom. The number of hydrogen-bond acceptors (Lipinski definition) is 5. The SMILES string of the molecule is COc1ccc2ccccc2c1[C@@H]1C(C#N)=C(N)OC2=C1C(=O)CCC2. The maximum Gasteiger partial charge on any atom is 0.205 e. The lowest BCUT2D eigenvalue weighted by Gasteiger charge is -2.32. The highest BCUT2D eigenvalue weighted by Crippen LogP contribution is 2.48. The first-order valence-electron chi connectivity index (χ1n) is 8.55. The van der Waals surface area contributed by atoms with Crippen molar-refractivity contribution in [2.45, 2.75) is 25.2 Å². The molecule has 5 nitrogen and oxygen atoms in total. The molecule has 0 bridgehead atoms. The van der Waals surface area contributed by atoms with Gasteiger partial charge in [-0.2, -0.15) is 5.26 Å². The molecule has 2 N–H and O–H groups in total. The van der Waals surface area contributed by atoms with Crippen molar-refractivity contribution < 1.29 is 14.3 Å². The molecule has 2 aliphatic rings. The lowest BCUT2D eigenvalue weighted by atomic mass is 9.76. The molecule has 2 aromatic rings. The summed E-state index contributed by atoms with van der Waals surface area (Å²) in [5.41, 5.74) is 7.64. The molecule has 1 aliphatic carbocycles. The molecule has 0 radical (unpaired) electrons. The summed E-state index contributed by atoms with van der Waals surface area (Å²) in [6, 6.07) is 13.8. The average Bonchev–Trinajstić information content (AvgIpc) is 2.66. The van der Waals surface area contributed by atoms with E-state index in [1.54, 1.807) is 7.11 Å². The van der Waals surface area contributed by atoms with Crippen LogP contribution >= 0.6 is 0 Å². The Balaban J connectivity index is 2.07. The minimum atomic E-state index is -0.572. The molecule has 5 heteroatoms. The van der Waals surface area contributed by atoms with Crippen LogP contribution in [0.2, 0.25) is 0 Å². The van der Waals surface area contributed by atoms with Crippen molar-refractivity contribution in [3.8, 4) is 11.8 Å². The second kappa shape index (κ2) is 6.23. The van der Waals surface area contributed by atoms with E-state index >= 15 is 0 Å². The molecular formula is C21H18N2O3. The number of ether oxygens (including phenoxy) is 2. The molecule has 4 rings (SSSR count). The maximum atomic E-state index is 12.8. The predicted octanol–water partition coefficient (Wildman–Crippen LogP) is 3.66. The van der Waals surface area contributed by atoms with E-state index in [-0.39, 0.29) is 17.2 Å². The first-order valence-corrected chi connectivity index (χ1v) is 8.55. The smallest absolute Gasteiger partial charge is 0.205 e. The molecule has 0 amide bonds. The number of hydrogen-bond donors (Lipinski definition) is 1. The maximum absolute atomic E-state index is 12.8.